The van der Waals surface area contributed by atoms with E-state index in [9.17, 15) is 18.4 Å². The summed E-state index contributed by atoms with van der Waals surface area (Å²) < 4.78 is 33.4. The topological polar surface area (TPSA) is 58.6 Å². The highest BCUT2D eigenvalue weighted by atomic mass is 19.1. The van der Waals surface area contributed by atoms with Gasteiger partial charge >= 0.3 is 0 Å². The maximum absolute atomic E-state index is 14.2. The Morgan fingerprint density at radius 3 is 2.52 bits per heavy atom. The van der Waals surface area contributed by atoms with E-state index < -0.39 is 29.5 Å². The molecule has 31 heavy (non-hydrogen) atoms. The van der Waals surface area contributed by atoms with Crippen molar-refractivity contribution in [2.24, 2.45) is 0 Å². The fraction of sp³-hybridized carbons (Fsp3) is 0.167. The third-order valence-electron chi connectivity index (χ3n) is 5.07. The second-order valence-corrected chi connectivity index (χ2v) is 7.10. The number of rotatable bonds is 4. The summed E-state index contributed by atoms with van der Waals surface area (Å²) in [4.78, 5) is 27.6. The molecule has 0 saturated carbocycles. The normalized spacial score (nSPS) is 15.6. The molecule has 3 aromatic rings. The molecule has 1 unspecified atom stereocenters. The van der Waals surface area contributed by atoms with Crippen LogP contribution in [0, 0.1) is 11.6 Å². The molecule has 7 heteroatoms. The van der Waals surface area contributed by atoms with Crippen molar-refractivity contribution >= 4 is 17.5 Å². The fourth-order valence-corrected chi connectivity index (χ4v) is 3.75. The summed E-state index contributed by atoms with van der Waals surface area (Å²) in [5.41, 5.74) is 1.63. The highest BCUT2D eigenvalue weighted by molar-refractivity contribution is 6.02. The standard InChI is InChI=1S/C24H20F2N2O3/c1-2-31-21-6-4-3-5-18(21)24(30)28-14-22(29)27-20-12-11-17(26)13-19(20)23(28)15-7-9-16(25)10-8-15/h3-13,23H,2,14H2,1H3,(H,27,29). The van der Waals surface area contributed by atoms with E-state index in [1.807, 2.05) is 0 Å². The Bertz CT molecular complexity index is 1130. The van der Waals surface area contributed by atoms with Crippen molar-refractivity contribution in [3.8, 4) is 5.75 Å². The Hall–Kier alpha value is -3.74. The van der Waals surface area contributed by atoms with Crippen LogP contribution in [0.3, 0.4) is 0 Å². The number of carbonyl (C=O) groups is 2. The van der Waals surface area contributed by atoms with Gasteiger partial charge in [0.2, 0.25) is 5.91 Å². The molecule has 0 radical (unpaired) electrons. The van der Waals surface area contributed by atoms with Crippen molar-refractivity contribution in [1.82, 2.24) is 4.90 Å². The van der Waals surface area contributed by atoms with E-state index in [-0.39, 0.29) is 12.1 Å². The lowest BCUT2D eigenvalue weighted by atomic mass is 9.95. The van der Waals surface area contributed by atoms with E-state index >= 15 is 0 Å². The van der Waals surface area contributed by atoms with Crippen LogP contribution in [0.1, 0.15) is 34.5 Å². The predicted octanol–water partition coefficient (Wildman–Crippen LogP) is 4.55. The Morgan fingerprint density at radius 2 is 1.77 bits per heavy atom. The molecule has 1 aliphatic heterocycles. The van der Waals surface area contributed by atoms with Crippen LogP contribution in [0.15, 0.2) is 66.7 Å². The highest BCUT2D eigenvalue weighted by Gasteiger charge is 2.35. The van der Waals surface area contributed by atoms with Gasteiger partial charge in [-0.3, -0.25) is 9.59 Å². The number of ether oxygens (including phenoxy) is 1. The number of hydrogen-bond donors (Lipinski definition) is 1. The molecule has 1 aliphatic rings. The van der Waals surface area contributed by atoms with E-state index in [0.717, 1.165) is 0 Å². The van der Waals surface area contributed by atoms with Gasteiger partial charge < -0.3 is 15.0 Å². The zero-order valence-corrected chi connectivity index (χ0v) is 16.8. The van der Waals surface area contributed by atoms with Gasteiger partial charge in [0.05, 0.1) is 18.2 Å². The van der Waals surface area contributed by atoms with Gasteiger partial charge in [-0.2, -0.15) is 0 Å². The van der Waals surface area contributed by atoms with Gasteiger partial charge in [0.25, 0.3) is 5.91 Å². The molecule has 0 fully saturated rings. The number of anilines is 1. The first kappa shape index (κ1) is 20.5. The Morgan fingerprint density at radius 1 is 1.06 bits per heavy atom. The monoisotopic (exact) mass is 422 g/mol. The number of nitrogens with zero attached hydrogens (tertiary/aromatic N) is 1. The number of hydrogen-bond acceptors (Lipinski definition) is 3. The van der Waals surface area contributed by atoms with Gasteiger partial charge in [-0.1, -0.05) is 24.3 Å². The molecule has 5 nitrogen and oxygen atoms in total. The second kappa shape index (κ2) is 8.55. The van der Waals surface area contributed by atoms with Crippen molar-refractivity contribution < 1.29 is 23.1 Å². The van der Waals surface area contributed by atoms with Gasteiger partial charge in [0.1, 0.15) is 23.9 Å². The minimum absolute atomic E-state index is 0.266. The number of amides is 2. The fourth-order valence-electron chi connectivity index (χ4n) is 3.75. The summed E-state index contributed by atoms with van der Waals surface area (Å²) in [5.74, 6) is -1.43. The Kier molecular flexibility index (Phi) is 5.66. The van der Waals surface area contributed by atoms with E-state index in [2.05, 4.69) is 5.32 Å². The van der Waals surface area contributed by atoms with E-state index in [1.165, 1.54) is 47.4 Å². The quantitative estimate of drug-likeness (QED) is 0.671. The average molecular weight is 422 g/mol. The largest absolute Gasteiger partial charge is 0.493 e. The number of benzene rings is 3. The van der Waals surface area contributed by atoms with Crippen molar-refractivity contribution in [3.63, 3.8) is 0 Å². The predicted molar refractivity (Wildman–Crippen MR) is 112 cm³/mol. The summed E-state index contributed by atoms with van der Waals surface area (Å²) in [6.07, 6.45) is 0. The Labute approximate surface area is 178 Å². The minimum atomic E-state index is -0.813. The maximum Gasteiger partial charge on any atom is 0.258 e. The van der Waals surface area contributed by atoms with Crippen LogP contribution in [0.2, 0.25) is 0 Å². The van der Waals surface area contributed by atoms with Gasteiger partial charge in [-0.25, -0.2) is 8.78 Å². The van der Waals surface area contributed by atoms with Gasteiger partial charge in [-0.15, -0.1) is 0 Å². The lowest BCUT2D eigenvalue weighted by molar-refractivity contribution is -0.117. The van der Waals surface area contributed by atoms with E-state index in [0.29, 0.717) is 29.2 Å². The van der Waals surface area contributed by atoms with Crippen LogP contribution < -0.4 is 10.1 Å². The van der Waals surface area contributed by atoms with Crippen molar-refractivity contribution in [2.45, 2.75) is 13.0 Å². The van der Waals surface area contributed by atoms with Crippen LogP contribution in [-0.4, -0.2) is 29.9 Å². The summed E-state index contributed by atoms with van der Waals surface area (Å²) in [6.45, 7) is 1.90. The third-order valence-corrected chi connectivity index (χ3v) is 5.07. The van der Waals surface area contributed by atoms with Gasteiger partial charge in [0.15, 0.2) is 0 Å². The molecule has 1 heterocycles. The zero-order chi connectivity index (χ0) is 22.0. The van der Waals surface area contributed by atoms with Crippen LogP contribution in [0.4, 0.5) is 14.5 Å². The lowest BCUT2D eigenvalue weighted by Gasteiger charge is -2.31. The molecule has 0 spiro atoms. The molecule has 0 aromatic heterocycles. The molecule has 0 bridgehead atoms. The molecule has 0 aliphatic carbocycles. The van der Waals surface area contributed by atoms with Crippen LogP contribution >= 0.6 is 0 Å². The first-order valence-electron chi connectivity index (χ1n) is 9.85. The molecule has 4 rings (SSSR count). The molecule has 1 N–H and O–H groups in total. The van der Waals surface area contributed by atoms with Crippen LogP contribution in [0.5, 0.6) is 5.75 Å². The van der Waals surface area contributed by atoms with Crippen LogP contribution in [0.25, 0.3) is 0 Å². The first-order chi connectivity index (χ1) is 15.0. The van der Waals surface area contributed by atoms with E-state index in [1.54, 1.807) is 31.2 Å². The van der Waals surface area contributed by atoms with Crippen molar-refractivity contribution in [1.29, 1.82) is 0 Å². The number of halogens is 2. The second-order valence-electron chi connectivity index (χ2n) is 7.10. The number of carbonyl (C=O) groups excluding carboxylic acids is 2. The number of nitrogens with one attached hydrogen (secondary N) is 1. The smallest absolute Gasteiger partial charge is 0.258 e. The lowest BCUT2D eigenvalue weighted by Crippen LogP contribution is -2.39. The SMILES string of the molecule is CCOc1ccccc1C(=O)N1CC(=O)Nc2ccc(F)cc2C1c1ccc(F)cc1. The third kappa shape index (κ3) is 4.12. The minimum Gasteiger partial charge on any atom is -0.493 e. The van der Waals surface area contributed by atoms with Crippen LogP contribution in [-0.2, 0) is 4.79 Å². The molecular formula is C24H20F2N2O3. The molecule has 1 atom stereocenters. The van der Waals surface area contributed by atoms with Gasteiger partial charge in [-0.05, 0) is 55.0 Å². The highest BCUT2D eigenvalue weighted by Crippen LogP contribution is 2.37. The van der Waals surface area contributed by atoms with Crippen molar-refractivity contribution in [3.05, 3.63) is 95.1 Å². The van der Waals surface area contributed by atoms with Crippen molar-refractivity contribution in [2.75, 3.05) is 18.5 Å². The molecular weight excluding hydrogens is 402 g/mol. The summed E-state index contributed by atoms with van der Waals surface area (Å²) in [6, 6.07) is 15.5. The molecule has 158 valence electrons. The average Bonchev–Trinajstić information content (AvgIpc) is 2.90. The summed E-state index contributed by atoms with van der Waals surface area (Å²) in [5, 5.41) is 2.73. The summed E-state index contributed by atoms with van der Waals surface area (Å²) in [7, 11) is 0. The van der Waals surface area contributed by atoms with Gasteiger partial charge in [0, 0.05) is 11.3 Å². The maximum atomic E-state index is 14.2. The zero-order valence-electron chi connectivity index (χ0n) is 16.8. The molecule has 0 saturated heterocycles. The number of para-hydroxylation sites is 1. The molecule has 3 aromatic carbocycles. The summed E-state index contributed by atoms with van der Waals surface area (Å²) >= 11 is 0. The van der Waals surface area contributed by atoms with E-state index in [4.69, 9.17) is 4.74 Å². The number of fused-ring (bicyclic) bond motifs is 1. The first-order valence-corrected chi connectivity index (χ1v) is 9.85. The molecule has 2 amide bonds. The Balaban J connectivity index is 1.89.